The lowest BCUT2D eigenvalue weighted by Crippen LogP contribution is -2.43. The van der Waals surface area contributed by atoms with Crippen LogP contribution < -0.4 is 10.7 Å². The van der Waals surface area contributed by atoms with Crippen LogP contribution in [0.1, 0.15) is 22.3 Å². The van der Waals surface area contributed by atoms with Crippen LogP contribution in [0.5, 0.6) is 0 Å². The molecule has 1 heterocycles. The van der Waals surface area contributed by atoms with Gasteiger partial charge in [-0.25, -0.2) is 0 Å². The van der Waals surface area contributed by atoms with E-state index in [0.29, 0.717) is 16.3 Å². The van der Waals surface area contributed by atoms with E-state index >= 15 is 0 Å². The van der Waals surface area contributed by atoms with Gasteiger partial charge in [-0.05, 0) is 36.8 Å². The summed E-state index contributed by atoms with van der Waals surface area (Å²) in [6.07, 6.45) is -0.142. The Morgan fingerprint density at radius 2 is 1.81 bits per heavy atom. The molecule has 162 valence electrons. The third kappa shape index (κ3) is 5.53. The second-order valence-corrected chi connectivity index (χ2v) is 7.71. The number of anilines is 1. The molecule has 3 rings (SSSR count). The maximum atomic E-state index is 12.3. The number of nitrogens with zero attached hydrogens (tertiary/aromatic N) is 1. The van der Waals surface area contributed by atoms with E-state index in [-0.39, 0.29) is 23.6 Å². The van der Waals surface area contributed by atoms with E-state index < -0.39 is 36.2 Å². The van der Waals surface area contributed by atoms with Crippen molar-refractivity contribution < 1.29 is 23.9 Å². The zero-order valence-electron chi connectivity index (χ0n) is 16.5. The first-order valence-electron chi connectivity index (χ1n) is 9.33. The molecular formula is C21H19Cl2N3O5. The zero-order chi connectivity index (χ0) is 22.5. The van der Waals surface area contributed by atoms with Crippen LogP contribution in [0.4, 0.5) is 5.69 Å². The second kappa shape index (κ2) is 9.80. The van der Waals surface area contributed by atoms with Crippen molar-refractivity contribution >= 4 is 52.6 Å². The van der Waals surface area contributed by atoms with Crippen LogP contribution in [0.25, 0.3) is 0 Å². The molecule has 0 aromatic heterocycles. The summed E-state index contributed by atoms with van der Waals surface area (Å²) in [4.78, 5) is 48.9. The molecule has 3 amide bonds. The number of nitrogens with one attached hydrogen (secondary N) is 2. The molecule has 2 aromatic carbocycles. The summed E-state index contributed by atoms with van der Waals surface area (Å²) in [7, 11) is 0. The summed E-state index contributed by atoms with van der Waals surface area (Å²) >= 11 is 12.0. The summed E-state index contributed by atoms with van der Waals surface area (Å²) < 4.78 is 5.04. The lowest BCUT2D eigenvalue weighted by Gasteiger charge is -2.18. The SMILES string of the molecule is Cc1c(Cl)cccc1NC(=O)COC(=O)[C@H]1CC(=O)N(NC(=O)c2ccccc2Cl)C1. The van der Waals surface area contributed by atoms with Crippen molar-refractivity contribution in [3.05, 3.63) is 63.6 Å². The topological polar surface area (TPSA) is 105 Å². The van der Waals surface area contributed by atoms with Crippen LogP contribution in [0, 0.1) is 12.8 Å². The number of hydrogen-bond acceptors (Lipinski definition) is 5. The van der Waals surface area contributed by atoms with Gasteiger partial charge in [-0.1, -0.05) is 41.4 Å². The lowest BCUT2D eigenvalue weighted by molar-refractivity contribution is -0.151. The Hall–Kier alpha value is -3.10. The first kappa shape index (κ1) is 22.6. The predicted molar refractivity (Wildman–Crippen MR) is 115 cm³/mol. The van der Waals surface area contributed by atoms with Crippen molar-refractivity contribution in [2.24, 2.45) is 5.92 Å². The van der Waals surface area contributed by atoms with E-state index in [9.17, 15) is 19.2 Å². The molecule has 0 unspecified atom stereocenters. The summed E-state index contributed by atoms with van der Waals surface area (Å²) in [6.45, 7) is 1.17. The fraction of sp³-hybridized carbons (Fsp3) is 0.238. The molecule has 2 aromatic rings. The maximum Gasteiger partial charge on any atom is 0.311 e. The van der Waals surface area contributed by atoms with Crippen LogP contribution >= 0.6 is 23.2 Å². The Bertz CT molecular complexity index is 1040. The van der Waals surface area contributed by atoms with Gasteiger partial charge in [0.05, 0.1) is 23.0 Å². The summed E-state index contributed by atoms with van der Waals surface area (Å²) in [5.41, 5.74) is 3.85. The molecular weight excluding hydrogens is 445 g/mol. The molecule has 1 aliphatic heterocycles. The molecule has 31 heavy (non-hydrogen) atoms. The minimum absolute atomic E-state index is 0.0666. The van der Waals surface area contributed by atoms with Gasteiger partial charge in [0, 0.05) is 17.1 Å². The highest BCUT2D eigenvalue weighted by molar-refractivity contribution is 6.33. The number of rotatable bonds is 6. The van der Waals surface area contributed by atoms with Crippen molar-refractivity contribution in [1.82, 2.24) is 10.4 Å². The largest absolute Gasteiger partial charge is 0.455 e. The number of hydrogen-bond donors (Lipinski definition) is 2. The molecule has 10 heteroatoms. The van der Waals surface area contributed by atoms with Gasteiger partial charge in [0.25, 0.3) is 11.8 Å². The quantitative estimate of drug-likeness (QED) is 0.640. The predicted octanol–water partition coefficient (Wildman–Crippen LogP) is 2.98. The molecule has 0 saturated carbocycles. The van der Waals surface area contributed by atoms with Gasteiger partial charge in [0.2, 0.25) is 5.91 Å². The van der Waals surface area contributed by atoms with Gasteiger partial charge in [-0.3, -0.25) is 29.6 Å². The summed E-state index contributed by atoms with van der Waals surface area (Å²) in [6, 6.07) is 11.4. The van der Waals surface area contributed by atoms with Crippen LogP contribution in [-0.4, -0.2) is 41.9 Å². The third-order valence-corrected chi connectivity index (χ3v) is 5.44. The Balaban J connectivity index is 1.51. The van der Waals surface area contributed by atoms with Crippen LogP contribution in [-0.2, 0) is 19.1 Å². The van der Waals surface area contributed by atoms with Crippen molar-refractivity contribution in [3.8, 4) is 0 Å². The van der Waals surface area contributed by atoms with Gasteiger partial charge < -0.3 is 10.1 Å². The van der Waals surface area contributed by atoms with Gasteiger partial charge in [0.15, 0.2) is 6.61 Å². The molecule has 1 fully saturated rings. The Labute approximate surface area is 188 Å². The number of hydrazine groups is 1. The van der Waals surface area contributed by atoms with E-state index in [1.54, 1.807) is 43.3 Å². The van der Waals surface area contributed by atoms with Crippen LogP contribution in [0.3, 0.4) is 0 Å². The Kier molecular flexibility index (Phi) is 7.14. The van der Waals surface area contributed by atoms with Gasteiger partial charge in [-0.2, -0.15) is 0 Å². The van der Waals surface area contributed by atoms with E-state index in [1.807, 2.05) is 0 Å². The molecule has 1 saturated heterocycles. The molecule has 0 bridgehead atoms. The van der Waals surface area contributed by atoms with E-state index in [0.717, 1.165) is 5.01 Å². The number of esters is 1. The van der Waals surface area contributed by atoms with Crippen LogP contribution in [0.2, 0.25) is 10.0 Å². The number of ether oxygens (including phenoxy) is 1. The zero-order valence-corrected chi connectivity index (χ0v) is 18.0. The highest BCUT2D eigenvalue weighted by Gasteiger charge is 2.37. The summed E-state index contributed by atoms with van der Waals surface area (Å²) in [5.74, 6) is -3.06. The van der Waals surface area contributed by atoms with Crippen molar-refractivity contribution in [1.29, 1.82) is 0 Å². The maximum absolute atomic E-state index is 12.3. The number of amides is 3. The standard InChI is InChI=1S/C21H19Cl2N3O5/c1-12-15(22)7-4-8-17(12)24-18(27)11-31-21(30)13-9-19(28)26(10-13)25-20(29)14-5-2-3-6-16(14)23/h2-8,13H,9-11H2,1H3,(H,24,27)(H,25,29)/t13-/m0/s1. The third-order valence-electron chi connectivity index (χ3n) is 4.70. The molecule has 0 aliphatic carbocycles. The molecule has 0 spiro atoms. The Morgan fingerprint density at radius 3 is 2.55 bits per heavy atom. The monoisotopic (exact) mass is 463 g/mol. The van der Waals surface area contributed by atoms with Crippen LogP contribution in [0.15, 0.2) is 42.5 Å². The minimum Gasteiger partial charge on any atom is -0.455 e. The Morgan fingerprint density at radius 1 is 1.10 bits per heavy atom. The number of benzene rings is 2. The smallest absolute Gasteiger partial charge is 0.311 e. The van der Waals surface area contributed by atoms with Gasteiger partial charge >= 0.3 is 5.97 Å². The normalized spacial score (nSPS) is 15.5. The van der Waals surface area contributed by atoms with Crippen molar-refractivity contribution in [3.63, 3.8) is 0 Å². The number of halogens is 2. The molecule has 0 radical (unpaired) electrons. The highest BCUT2D eigenvalue weighted by Crippen LogP contribution is 2.23. The van der Waals surface area contributed by atoms with E-state index in [1.165, 1.54) is 6.07 Å². The fourth-order valence-electron chi connectivity index (χ4n) is 2.99. The fourth-order valence-corrected chi connectivity index (χ4v) is 3.38. The van der Waals surface area contributed by atoms with Crippen molar-refractivity contribution in [2.75, 3.05) is 18.5 Å². The van der Waals surface area contributed by atoms with E-state index in [2.05, 4.69) is 10.7 Å². The van der Waals surface area contributed by atoms with Gasteiger partial charge in [0.1, 0.15) is 0 Å². The first-order valence-corrected chi connectivity index (χ1v) is 10.1. The highest BCUT2D eigenvalue weighted by atomic mass is 35.5. The molecule has 2 N–H and O–H groups in total. The molecule has 1 atom stereocenters. The second-order valence-electron chi connectivity index (χ2n) is 6.89. The molecule has 8 nitrogen and oxygen atoms in total. The number of carbonyl (C=O) groups excluding carboxylic acids is 4. The van der Waals surface area contributed by atoms with Crippen molar-refractivity contribution in [2.45, 2.75) is 13.3 Å². The average Bonchev–Trinajstić information content (AvgIpc) is 3.10. The van der Waals surface area contributed by atoms with Gasteiger partial charge in [-0.15, -0.1) is 0 Å². The lowest BCUT2D eigenvalue weighted by atomic mass is 10.1. The molecule has 1 aliphatic rings. The van der Waals surface area contributed by atoms with E-state index in [4.69, 9.17) is 27.9 Å². The minimum atomic E-state index is -0.806. The average molecular weight is 464 g/mol. The summed E-state index contributed by atoms with van der Waals surface area (Å²) in [5, 5.41) is 4.40. The first-order chi connectivity index (χ1) is 14.8. The number of carbonyl (C=O) groups is 4.